The van der Waals surface area contributed by atoms with Gasteiger partial charge in [0.05, 0.1) is 75.5 Å². The molecule has 4 N–H and O–H groups in total. The molecular weight excluding hydrogens is 897 g/mol. The van der Waals surface area contributed by atoms with E-state index in [2.05, 4.69) is 149 Å². The monoisotopic (exact) mass is 973 g/mol. The second kappa shape index (κ2) is 30.9. The number of aromatic nitrogens is 8. The van der Waals surface area contributed by atoms with Crippen molar-refractivity contribution in [3.05, 3.63) is 204 Å². The Labute approximate surface area is 427 Å². The summed E-state index contributed by atoms with van der Waals surface area (Å²) in [6.07, 6.45) is 29.7. The molecule has 0 saturated carbocycles. The summed E-state index contributed by atoms with van der Waals surface area (Å²) < 4.78 is 23.4. The molecule has 0 aliphatic rings. The molecule has 4 atom stereocenters. The van der Waals surface area contributed by atoms with Crippen LogP contribution >= 0.6 is 0 Å². The standard InChI is InChI=1S/C32H42N4O3.C28H34N4O/c1-37-31-13-9-27(10-14-31)25(5-3-7-29-21-33-23-35-29)17-19-39-20-18-26(6-4-8-30-22-34-24-36-30)28-11-15-32(38-2)16-12-28;1-3-9-23(10-4-1)25(13-7-15-27-17-29-21-31-27)19-33-20-26(24-11-5-2-6-12-24)14-8-16-28-18-30-22-32-28/h9-16,21-26H,3-8,17-20H2,1-2H3,(H,33,35)(H,34,36);1-6,9-12,17-18,21-22,25-26H,7-8,13-16,19-20H2,(H,29,31)(H,30,32). The molecule has 0 spiro atoms. The number of benzene rings is 4. The summed E-state index contributed by atoms with van der Waals surface area (Å²) >= 11 is 0. The first-order valence-corrected chi connectivity index (χ1v) is 26.1. The van der Waals surface area contributed by atoms with Crippen molar-refractivity contribution in [1.82, 2.24) is 39.9 Å². The third kappa shape index (κ3) is 18.4. The maximum Gasteiger partial charge on any atom is 0.118 e. The fraction of sp³-hybridized carbons (Fsp3) is 0.400. The highest BCUT2D eigenvalue weighted by Gasteiger charge is 2.18. The third-order valence-corrected chi connectivity index (χ3v) is 13.7. The number of aromatic amines is 4. The number of nitrogens with zero attached hydrogens (tertiary/aromatic N) is 4. The summed E-state index contributed by atoms with van der Waals surface area (Å²) in [6.45, 7) is 2.99. The molecule has 12 heteroatoms. The lowest BCUT2D eigenvalue weighted by atomic mass is 9.90. The van der Waals surface area contributed by atoms with Gasteiger partial charge in [0.15, 0.2) is 0 Å². The molecule has 4 unspecified atom stereocenters. The van der Waals surface area contributed by atoms with E-state index >= 15 is 0 Å². The highest BCUT2D eigenvalue weighted by atomic mass is 16.5. The van der Waals surface area contributed by atoms with Gasteiger partial charge in [0, 0.05) is 49.8 Å². The van der Waals surface area contributed by atoms with Gasteiger partial charge in [0.1, 0.15) is 11.5 Å². The van der Waals surface area contributed by atoms with Gasteiger partial charge in [-0.1, -0.05) is 84.9 Å². The average Bonchev–Trinajstić information content (AvgIpc) is 4.31. The summed E-state index contributed by atoms with van der Waals surface area (Å²) in [5, 5.41) is 0. The molecule has 0 aliphatic carbocycles. The van der Waals surface area contributed by atoms with Gasteiger partial charge in [-0.3, -0.25) is 0 Å². The Morgan fingerprint density at radius 2 is 0.681 bits per heavy atom. The summed E-state index contributed by atoms with van der Waals surface area (Å²) in [5.74, 6) is 3.46. The van der Waals surface area contributed by atoms with Crippen LogP contribution in [0.1, 0.15) is 133 Å². The Kier molecular flexibility index (Phi) is 22.7. The van der Waals surface area contributed by atoms with Crippen LogP contribution in [-0.2, 0) is 35.2 Å². The first kappa shape index (κ1) is 53.0. The number of ether oxygens (including phenoxy) is 4. The van der Waals surface area contributed by atoms with Gasteiger partial charge >= 0.3 is 0 Å². The maximum absolute atomic E-state index is 6.40. The summed E-state index contributed by atoms with van der Waals surface area (Å²) in [5.41, 5.74) is 9.90. The molecule has 4 aromatic carbocycles. The minimum Gasteiger partial charge on any atom is -0.497 e. The van der Waals surface area contributed by atoms with Gasteiger partial charge < -0.3 is 38.9 Å². The minimum atomic E-state index is 0.394. The van der Waals surface area contributed by atoms with Crippen LogP contribution in [-0.4, -0.2) is 80.5 Å². The number of aryl methyl sites for hydroxylation is 4. The predicted octanol–water partition coefficient (Wildman–Crippen LogP) is 12.9. The second-order valence-corrected chi connectivity index (χ2v) is 18.7. The van der Waals surface area contributed by atoms with Crippen molar-refractivity contribution in [2.75, 3.05) is 40.6 Å². The SMILES string of the molecule is COc1ccc(C(CCCc2c[nH]cn2)CCOCCC(CCCc2c[nH]cn2)c2ccc(OC)cc2)cc1.c1ccc(C(CCCc2c[nH]cn2)COCC(CCCc2c[nH]cn2)c2ccccc2)cc1. The number of nitrogens with one attached hydrogen (secondary N) is 4. The van der Waals surface area contributed by atoms with E-state index in [1.54, 1.807) is 39.5 Å². The topological polar surface area (TPSA) is 152 Å². The highest BCUT2D eigenvalue weighted by molar-refractivity contribution is 5.30. The highest BCUT2D eigenvalue weighted by Crippen LogP contribution is 2.31. The third-order valence-electron chi connectivity index (χ3n) is 13.7. The van der Waals surface area contributed by atoms with Crippen LogP contribution in [0, 0.1) is 0 Å². The van der Waals surface area contributed by atoms with Crippen LogP contribution < -0.4 is 9.47 Å². The Morgan fingerprint density at radius 3 is 0.986 bits per heavy atom. The normalized spacial score (nSPS) is 12.9. The largest absolute Gasteiger partial charge is 0.497 e. The molecule has 72 heavy (non-hydrogen) atoms. The average molecular weight is 973 g/mol. The van der Waals surface area contributed by atoms with Crippen molar-refractivity contribution in [3.8, 4) is 11.5 Å². The zero-order valence-electron chi connectivity index (χ0n) is 42.5. The minimum absolute atomic E-state index is 0.394. The van der Waals surface area contributed by atoms with E-state index in [1.165, 1.54) is 22.3 Å². The molecule has 0 radical (unpaired) electrons. The van der Waals surface area contributed by atoms with Crippen LogP contribution in [0.4, 0.5) is 0 Å². The number of methoxy groups -OCH3 is 2. The molecular formula is C60H76N8O4. The summed E-state index contributed by atoms with van der Waals surface area (Å²) in [7, 11) is 3.42. The van der Waals surface area contributed by atoms with Gasteiger partial charge in [0.25, 0.3) is 0 Å². The first-order valence-electron chi connectivity index (χ1n) is 26.1. The number of rotatable bonds is 32. The lowest BCUT2D eigenvalue weighted by Crippen LogP contribution is -2.14. The zero-order valence-corrected chi connectivity index (χ0v) is 42.5. The maximum atomic E-state index is 6.40. The molecule has 4 aromatic heterocycles. The van der Waals surface area contributed by atoms with E-state index in [0.717, 1.165) is 151 Å². The van der Waals surface area contributed by atoms with E-state index in [0.29, 0.717) is 23.7 Å². The van der Waals surface area contributed by atoms with Crippen LogP contribution in [0.25, 0.3) is 0 Å². The molecule has 0 fully saturated rings. The van der Waals surface area contributed by atoms with Gasteiger partial charge in [-0.25, -0.2) is 19.9 Å². The molecule has 8 aromatic rings. The first-order chi connectivity index (χ1) is 35.6. The van der Waals surface area contributed by atoms with Crippen molar-refractivity contribution in [2.45, 2.75) is 114 Å². The zero-order chi connectivity index (χ0) is 49.7. The Bertz CT molecular complexity index is 2340. The quantitative estimate of drug-likeness (QED) is 0.0305. The lowest BCUT2D eigenvalue weighted by Gasteiger charge is -2.21. The Hall–Kier alpha value is -6.76. The van der Waals surface area contributed by atoms with E-state index in [-0.39, 0.29) is 0 Å². The van der Waals surface area contributed by atoms with Gasteiger partial charge in [-0.05, 0) is 148 Å². The number of H-pyrrole nitrogens is 4. The van der Waals surface area contributed by atoms with Gasteiger partial charge in [0.2, 0.25) is 0 Å². The molecule has 0 saturated heterocycles. The number of imidazole rings is 4. The Balaban J connectivity index is 0.000000214. The molecule has 380 valence electrons. The summed E-state index contributed by atoms with van der Waals surface area (Å²) in [6, 6.07) is 38.5. The number of hydrogen-bond donors (Lipinski definition) is 4. The fourth-order valence-electron chi connectivity index (χ4n) is 9.58. The van der Waals surface area contributed by atoms with Crippen molar-refractivity contribution in [3.63, 3.8) is 0 Å². The van der Waals surface area contributed by atoms with Crippen LogP contribution in [0.3, 0.4) is 0 Å². The molecule has 8 rings (SSSR count). The summed E-state index contributed by atoms with van der Waals surface area (Å²) in [4.78, 5) is 29.7. The van der Waals surface area contributed by atoms with Gasteiger partial charge in [-0.2, -0.15) is 0 Å². The van der Waals surface area contributed by atoms with Crippen molar-refractivity contribution >= 4 is 0 Å². The lowest BCUT2D eigenvalue weighted by molar-refractivity contribution is 0.101. The smallest absolute Gasteiger partial charge is 0.118 e. The molecule has 0 amide bonds. The molecule has 12 nitrogen and oxygen atoms in total. The number of hydrogen-bond acceptors (Lipinski definition) is 8. The van der Waals surface area contributed by atoms with Crippen molar-refractivity contribution < 1.29 is 18.9 Å². The predicted molar refractivity (Wildman–Crippen MR) is 287 cm³/mol. The van der Waals surface area contributed by atoms with Crippen molar-refractivity contribution in [1.29, 1.82) is 0 Å². The molecule has 0 bridgehead atoms. The van der Waals surface area contributed by atoms with Gasteiger partial charge in [-0.15, -0.1) is 0 Å². The van der Waals surface area contributed by atoms with Crippen LogP contribution in [0.15, 0.2) is 159 Å². The van der Waals surface area contributed by atoms with E-state index in [4.69, 9.17) is 18.9 Å². The van der Waals surface area contributed by atoms with Crippen LogP contribution in [0.5, 0.6) is 11.5 Å². The van der Waals surface area contributed by atoms with E-state index in [9.17, 15) is 0 Å². The second-order valence-electron chi connectivity index (χ2n) is 18.7. The molecule has 0 aliphatic heterocycles. The van der Waals surface area contributed by atoms with Crippen molar-refractivity contribution in [2.24, 2.45) is 0 Å². The van der Waals surface area contributed by atoms with E-state index < -0.39 is 0 Å². The molecule has 4 heterocycles. The fourth-order valence-corrected chi connectivity index (χ4v) is 9.58. The Morgan fingerprint density at radius 1 is 0.361 bits per heavy atom. The van der Waals surface area contributed by atoms with Crippen LogP contribution in [0.2, 0.25) is 0 Å². The van der Waals surface area contributed by atoms with E-state index in [1.807, 2.05) is 24.8 Å².